The number of nitrogens with zero attached hydrogens (tertiary/aromatic N) is 7. The number of carbonyl (C=O) groups is 2. The van der Waals surface area contributed by atoms with E-state index >= 15 is 4.39 Å². The number of carboxylic acid groups (broad SMARTS) is 1. The van der Waals surface area contributed by atoms with E-state index in [1.54, 1.807) is 39.9 Å². The third kappa shape index (κ3) is 7.04. The number of fused-ring (bicyclic) bond motifs is 2. The summed E-state index contributed by atoms with van der Waals surface area (Å²) < 4.78 is 33.5. The molecule has 3 N–H and O–H groups in total. The fourth-order valence-corrected chi connectivity index (χ4v) is 7.25. The molecule has 3 aromatic carbocycles. The van der Waals surface area contributed by atoms with Crippen molar-refractivity contribution < 1.29 is 33.3 Å². The van der Waals surface area contributed by atoms with Crippen molar-refractivity contribution in [3.63, 3.8) is 0 Å². The molecule has 2 aliphatic heterocycles. The molecule has 1 amide bonds. The van der Waals surface area contributed by atoms with Gasteiger partial charge in [-0.3, -0.25) is 19.4 Å². The summed E-state index contributed by atoms with van der Waals surface area (Å²) in [5.41, 5.74) is 8.70. The van der Waals surface area contributed by atoms with Gasteiger partial charge in [-0.2, -0.15) is 4.98 Å². The van der Waals surface area contributed by atoms with E-state index in [4.69, 9.17) is 31.5 Å². The molecule has 290 valence electrons. The van der Waals surface area contributed by atoms with E-state index < -0.39 is 22.8 Å². The second-order valence-electron chi connectivity index (χ2n) is 13.2. The lowest BCUT2D eigenvalue weighted by molar-refractivity contribution is -0.112. The number of carbonyl (C=O) groups excluding carboxylic acids is 1. The van der Waals surface area contributed by atoms with Crippen molar-refractivity contribution in [2.45, 2.75) is 19.9 Å². The highest BCUT2D eigenvalue weighted by atomic mass is 35.5. The van der Waals surface area contributed by atoms with E-state index in [0.717, 1.165) is 11.6 Å². The highest BCUT2D eigenvalue weighted by Gasteiger charge is 2.36. The van der Waals surface area contributed by atoms with E-state index in [2.05, 4.69) is 19.9 Å². The molecule has 5 aromatic rings. The highest BCUT2D eigenvalue weighted by molar-refractivity contribution is 6.55. The second-order valence-corrected chi connectivity index (χ2v) is 13.6. The average Bonchev–Trinajstić information content (AvgIpc) is 3.43. The number of hydrogen-bond donors (Lipinski definition) is 2. The maximum atomic E-state index is 15.5. The number of benzene rings is 3. The fraction of sp³-hybridized carbons (Fsp3) is 0.282. The van der Waals surface area contributed by atoms with Crippen LogP contribution in [0.15, 0.2) is 64.6 Å². The summed E-state index contributed by atoms with van der Waals surface area (Å²) >= 11 is 6.38. The van der Waals surface area contributed by atoms with E-state index in [1.165, 1.54) is 27.5 Å². The molecule has 2 aromatic heterocycles. The molecule has 0 unspecified atom stereocenters. The Labute approximate surface area is 325 Å². The Morgan fingerprint density at radius 1 is 1.00 bits per heavy atom. The van der Waals surface area contributed by atoms with Crippen LogP contribution in [0.3, 0.4) is 0 Å². The normalized spacial score (nSPS) is 15.1. The quantitative estimate of drug-likeness (QED) is 0.188. The molecule has 0 spiro atoms. The van der Waals surface area contributed by atoms with Crippen LogP contribution in [0.1, 0.15) is 34.0 Å². The molecule has 4 heterocycles. The number of aromatic nitrogens is 3. The van der Waals surface area contributed by atoms with Crippen LogP contribution in [0.4, 0.5) is 27.5 Å². The number of ether oxygens (including phenoxy) is 3. The topological polar surface area (TPSA) is 178 Å². The van der Waals surface area contributed by atoms with Gasteiger partial charge in [0.1, 0.15) is 22.9 Å². The van der Waals surface area contributed by atoms with E-state index in [1.807, 2.05) is 24.0 Å². The zero-order chi connectivity index (χ0) is 39.8. The lowest BCUT2D eigenvalue weighted by Crippen LogP contribution is -2.51. The number of aryl methyl sites for hydroxylation is 1. The first-order valence-corrected chi connectivity index (χ1v) is 18.0. The van der Waals surface area contributed by atoms with E-state index in [0.29, 0.717) is 89.4 Å². The number of aliphatic imine (C=N–C) groups is 1. The summed E-state index contributed by atoms with van der Waals surface area (Å²) in [6, 6.07) is 11.5. The number of amides is 1. The van der Waals surface area contributed by atoms with Crippen molar-refractivity contribution in [3.8, 4) is 17.2 Å². The molecule has 17 heteroatoms. The molecule has 0 bridgehead atoms. The smallest absolute Gasteiger partial charge is 0.341 e. The Kier molecular flexibility index (Phi) is 10.5. The van der Waals surface area contributed by atoms with E-state index in [9.17, 15) is 19.5 Å². The van der Waals surface area contributed by atoms with Crippen LogP contribution in [0.5, 0.6) is 17.2 Å². The van der Waals surface area contributed by atoms with Crippen molar-refractivity contribution in [3.05, 3.63) is 98.2 Å². The number of nitrogens with two attached hydrogens (primary N) is 1. The Morgan fingerprint density at radius 3 is 2.34 bits per heavy atom. The number of anilines is 3. The Bertz CT molecular complexity index is 2460. The maximum absolute atomic E-state index is 15.5. The predicted molar refractivity (Wildman–Crippen MR) is 210 cm³/mol. The monoisotopic (exact) mass is 784 g/mol. The van der Waals surface area contributed by atoms with Gasteiger partial charge >= 0.3 is 5.97 Å². The van der Waals surface area contributed by atoms with E-state index in [-0.39, 0.29) is 35.4 Å². The van der Waals surface area contributed by atoms with Gasteiger partial charge in [0.05, 0.1) is 44.9 Å². The van der Waals surface area contributed by atoms with Gasteiger partial charge in [0.25, 0.3) is 11.9 Å². The first-order valence-electron chi connectivity index (χ1n) is 17.6. The van der Waals surface area contributed by atoms with Crippen molar-refractivity contribution in [2.24, 2.45) is 4.99 Å². The minimum absolute atomic E-state index is 0.00553. The molecule has 15 nitrogen and oxygen atoms in total. The number of nitrogen functional groups attached to an aromatic ring is 1. The van der Waals surface area contributed by atoms with Gasteiger partial charge in [-0.15, -0.1) is 0 Å². The summed E-state index contributed by atoms with van der Waals surface area (Å²) in [6.45, 7) is 4.27. The summed E-state index contributed by atoms with van der Waals surface area (Å²) in [4.78, 5) is 57.4. The molecular formula is C39H38ClFN8O7. The number of hydrogen-bond acceptors (Lipinski definition) is 12. The predicted octanol–water partition coefficient (Wildman–Crippen LogP) is 4.75. The van der Waals surface area contributed by atoms with Gasteiger partial charge in [0.15, 0.2) is 11.5 Å². The summed E-state index contributed by atoms with van der Waals surface area (Å²) in [5.74, 6) is -0.702. The molecule has 1 saturated heterocycles. The van der Waals surface area contributed by atoms with Gasteiger partial charge in [-0.1, -0.05) is 11.6 Å². The van der Waals surface area contributed by atoms with Crippen LogP contribution in [-0.2, 0) is 17.8 Å². The number of halogens is 2. The van der Waals surface area contributed by atoms with Crippen molar-refractivity contribution in [1.29, 1.82) is 0 Å². The number of methoxy groups -OCH3 is 3. The minimum atomic E-state index is -1.36. The summed E-state index contributed by atoms with van der Waals surface area (Å²) in [7, 11) is 4.60. The molecular weight excluding hydrogens is 747 g/mol. The first-order chi connectivity index (χ1) is 26.9. The highest BCUT2D eigenvalue weighted by Crippen LogP contribution is 2.39. The van der Waals surface area contributed by atoms with Crippen molar-refractivity contribution in [1.82, 2.24) is 19.4 Å². The van der Waals surface area contributed by atoms with Crippen LogP contribution in [0.25, 0.3) is 10.9 Å². The molecule has 1 fully saturated rings. The van der Waals surface area contributed by atoms with Gasteiger partial charge < -0.3 is 34.5 Å². The minimum Gasteiger partial charge on any atom is -0.493 e. The summed E-state index contributed by atoms with van der Waals surface area (Å²) in [5, 5.41) is 9.92. The average molecular weight is 785 g/mol. The molecule has 0 radical (unpaired) electrons. The molecule has 2 aliphatic rings. The molecule has 0 aliphatic carbocycles. The maximum Gasteiger partial charge on any atom is 0.341 e. The zero-order valence-corrected chi connectivity index (χ0v) is 31.8. The third-order valence-corrected chi connectivity index (χ3v) is 10.2. The van der Waals surface area contributed by atoms with Gasteiger partial charge in [-0.05, 0) is 55.0 Å². The third-order valence-electron chi connectivity index (χ3n) is 9.94. The molecule has 56 heavy (non-hydrogen) atoms. The number of aromatic carboxylic acids is 1. The van der Waals surface area contributed by atoms with Crippen LogP contribution >= 0.6 is 11.6 Å². The first kappa shape index (κ1) is 38.0. The van der Waals surface area contributed by atoms with Gasteiger partial charge in [0.2, 0.25) is 11.2 Å². The fourth-order valence-electron chi connectivity index (χ4n) is 7.08. The standard InChI is InChI=1S/C39H38ClFN8O7/c1-5-47-19-26(38(52)53)34(50)25-16-27(41)30(17-29(25)47)48-10-8-46(9-11-48)20-49-28-7-6-23(40)15-24(28)33(37(49)51)44-39-43-18-22(36(42)45-39)12-21-13-31(54-2)35(56-4)32(14-21)55-3/h6-7,13-19H,5,8-12,20H2,1-4H3,(H,52,53)(H2,42,43,45). The van der Waals surface area contributed by atoms with Gasteiger partial charge in [0, 0.05) is 73.1 Å². The number of piperazine rings is 1. The Hall–Kier alpha value is -6.26. The van der Waals surface area contributed by atoms with Crippen LogP contribution < -0.4 is 35.2 Å². The second kappa shape index (κ2) is 15.5. The number of pyridine rings is 1. The Balaban J connectivity index is 1.09. The summed E-state index contributed by atoms with van der Waals surface area (Å²) in [6.07, 6.45) is 3.21. The molecule has 0 saturated carbocycles. The Morgan fingerprint density at radius 2 is 1.71 bits per heavy atom. The van der Waals surface area contributed by atoms with Crippen LogP contribution in [0, 0.1) is 5.82 Å². The van der Waals surface area contributed by atoms with Crippen molar-refractivity contribution in [2.75, 3.05) is 69.7 Å². The largest absolute Gasteiger partial charge is 0.493 e. The zero-order valence-electron chi connectivity index (χ0n) is 31.0. The van der Waals surface area contributed by atoms with Crippen molar-refractivity contribution >= 4 is 63.2 Å². The number of rotatable bonds is 11. The molecule has 7 rings (SSSR count). The van der Waals surface area contributed by atoms with Crippen LogP contribution in [0.2, 0.25) is 5.02 Å². The lowest BCUT2D eigenvalue weighted by Gasteiger charge is -2.38. The number of carboxylic acids is 1. The SMILES string of the molecule is CCn1cc(C(=O)O)c(=O)c2cc(F)c(N3CCN(CN4C(=O)C(=Nc5ncc(Cc6cc(OC)c(OC)c(OC)c6)c(N)n5)c5cc(Cl)ccc54)CC3)cc21. The lowest BCUT2D eigenvalue weighted by atomic mass is 10.1. The molecule has 0 atom stereocenters. The van der Waals surface area contributed by atoms with Gasteiger partial charge in [-0.25, -0.2) is 19.2 Å². The van der Waals surface area contributed by atoms with Crippen LogP contribution in [-0.4, -0.2) is 96.3 Å².